The number of halogens is 1. The summed E-state index contributed by atoms with van der Waals surface area (Å²) in [7, 11) is 1.62. The molecule has 2 rings (SSSR count). The zero-order valence-corrected chi connectivity index (χ0v) is 13.9. The molecule has 0 saturated carbocycles. The Hall–Kier alpha value is -1.23. The molecule has 0 spiro atoms. The Morgan fingerprint density at radius 2 is 2.00 bits per heavy atom. The van der Waals surface area contributed by atoms with Gasteiger partial charge in [-0.3, -0.25) is 0 Å². The highest BCUT2D eigenvalue weighted by Crippen LogP contribution is 2.37. The number of hydrogen-bond acceptors (Lipinski definition) is 4. The lowest BCUT2D eigenvalue weighted by Crippen LogP contribution is -2.04. The van der Waals surface area contributed by atoms with Crippen molar-refractivity contribution in [1.29, 1.82) is 0 Å². The quantitative estimate of drug-likeness (QED) is 0.835. The Labute approximate surface area is 134 Å². The lowest BCUT2D eigenvalue weighted by Gasteiger charge is -2.13. The zero-order valence-electron chi connectivity index (χ0n) is 12.3. The summed E-state index contributed by atoms with van der Waals surface area (Å²) in [5, 5.41) is 0.560. The van der Waals surface area contributed by atoms with Crippen LogP contribution in [0.25, 0.3) is 0 Å². The van der Waals surface area contributed by atoms with Gasteiger partial charge >= 0.3 is 0 Å². The molecule has 3 nitrogen and oxygen atoms in total. The lowest BCUT2D eigenvalue weighted by molar-refractivity contribution is 0.287. The molecule has 0 fully saturated rings. The molecule has 0 aliphatic carbocycles. The van der Waals surface area contributed by atoms with Crippen LogP contribution in [0.2, 0.25) is 5.02 Å². The van der Waals surface area contributed by atoms with Crippen molar-refractivity contribution in [3.63, 3.8) is 0 Å². The average molecular weight is 326 g/mol. The van der Waals surface area contributed by atoms with E-state index in [4.69, 9.17) is 26.8 Å². The molecular weight excluding hydrogens is 306 g/mol. The van der Waals surface area contributed by atoms with Crippen LogP contribution in [0.5, 0.6) is 11.5 Å². The molecule has 1 aromatic heterocycles. The smallest absolute Gasteiger partial charge is 0.180 e. The molecule has 0 bridgehead atoms. The van der Waals surface area contributed by atoms with Crippen molar-refractivity contribution in [3.8, 4) is 11.5 Å². The molecule has 21 heavy (non-hydrogen) atoms. The molecule has 2 aromatic rings. The van der Waals surface area contributed by atoms with E-state index in [1.807, 2.05) is 12.1 Å². The van der Waals surface area contributed by atoms with E-state index in [2.05, 4.69) is 19.1 Å². The van der Waals surface area contributed by atoms with Gasteiger partial charge in [-0.2, -0.15) is 0 Å². The Bertz CT molecular complexity index is 598. The summed E-state index contributed by atoms with van der Waals surface area (Å²) in [6.45, 7) is 3.22. The molecular formula is C16H20ClNO2S. The number of thiophene rings is 1. The second kappa shape index (κ2) is 7.69. The predicted molar refractivity (Wildman–Crippen MR) is 88.8 cm³/mol. The van der Waals surface area contributed by atoms with Crippen LogP contribution in [0.1, 0.15) is 22.2 Å². The van der Waals surface area contributed by atoms with Crippen LogP contribution >= 0.6 is 22.9 Å². The minimum atomic E-state index is 0.497. The average Bonchev–Trinajstić information content (AvgIpc) is 2.94. The summed E-state index contributed by atoms with van der Waals surface area (Å²) >= 11 is 8.06. The fourth-order valence-electron chi connectivity index (χ4n) is 2.06. The highest BCUT2D eigenvalue weighted by molar-refractivity contribution is 7.11. The maximum atomic E-state index is 6.31. The van der Waals surface area contributed by atoms with Gasteiger partial charge in [-0.25, -0.2) is 0 Å². The number of rotatable bonds is 7. The largest absolute Gasteiger partial charge is 0.493 e. The van der Waals surface area contributed by atoms with E-state index < -0.39 is 0 Å². The summed E-state index contributed by atoms with van der Waals surface area (Å²) in [6, 6.07) is 8.04. The first-order chi connectivity index (χ1) is 10.2. The van der Waals surface area contributed by atoms with Gasteiger partial charge in [0.05, 0.1) is 12.1 Å². The number of aryl methyl sites for hydroxylation is 1. The normalized spacial score (nSPS) is 10.7. The topological polar surface area (TPSA) is 44.5 Å². The van der Waals surface area contributed by atoms with E-state index in [0.717, 1.165) is 18.4 Å². The van der Waals surface area contributed by atoms with Gasteiger partial charge in [-0.15, -0.1) is 11.3 Å². The minimum absolute atomic E-state index is 0.497. The van der Waals surface area contributed by atoms with Crippen LogP contribution in [0.15, 0.2) is 24.3 Å². The molecule has 0 radical (unpaired) electrons. The van der Waals surface area contributed by atoms with Crippen molar-refractivity contribution < 1.29 is 9.47 Å². The van der Waals surface area contributed by atoms with Gasteiger partial charge in [-0.05, 0) is 49.2 Å². The third kappa shape index (κ3) is 4.13. The molecule has 0 unspecified atom stereocenters. The Kier molecular flexibility index (Phi) is 5.91. The second-order valence-corrected chi connectivity index (χ2v) is 6.32. The first-order valence-electron chi connectivity index (χ1n) is 6.94. The first kappa shape index (κ1) is 16.1. The van der Waals surface area contributed by atoms with Gasteiger partial charge < -0.3 is 15.2 Å². The molecule has 114 valence electrons. The summed E-state index contributed by atoms with van der Waals surface area (Å²) in [5.74, 6) is 1.24. The lowest BCUT2D eigenvalue weighted by atomic mass is 10.1. The third-order valence-corrected chi connectivity index (χ3v) is 4.63. The monoisotopic (exact) mass is 325 g/mol. The van der Waals surface area contributed by atoms with Crippen molar-refractivity contribution in [2.24, 2.45) is 5.73 Å². The van der Waals surface area contributed by atoms with Crippen LogP contribution in [-0.4, -0.2) is 13.7 Å². The molecule has 1 aromatic carbocycles. The molecule has 2 N–H and O–H groups in total. The van der Waals surface area contributed by atoms with Crippen LogP contribution in [-0.2, 0) is 19.4 Å². The van der Waals surface area contributed by atoms with Crippen molar-refractivity contribution in [1.82, 2.24) is 0 Å². The second-order valence-electron chi connectivity index (χ2n) is 4.66. The molecule has 0 amide bonds. The van der Waals surface area contributed by atoms with E-state index >= 15 is 0 Å². The summed E-state index contributed by atoms with van der Waals surface area (Å²) in [4.78, 5) is 2.53. The fraction of sp³-hybridized carbons (Fsp3) is 0.375. The highest BCUT2D eigenvalue weighted by Gasteiger charge is 2.12. The van der Waals surface area contributed by atoms with E-state index in [1.165, 1.54) is 9.75 Å². The Morgan fingerprint density at radius 1 is 1.24 bits per heavy atom. The van der Waals surface area contributed by atoms with Crippen LogP contribution in [0.4, 0.5) is 0 Å². The van der Waals surface area contributed by atoms with Crippen LogP contribution < -0.4 is 15.2 Å². The van der Waals surface area contributed by atoms with Crippen molar-refractivity contribution in [2.45, 2.75) is 26.4 Å². The number of methoxy groups -OCH3 is 1. The minimum Gasteiger partial charge on any atom is -0.493 e. The van der Waals surface area contributed by atoms with E-state index in [-0.39, 0.29) is 0 Å². The van der Waals surface area contributed by atoms with Gasteiger partial charge in [-0.1, -0.05) is 18.5 Å². The van der Waals surface area contributed by atoms with Crippen LogP contribution in [0.3, 0.4) is 0 Å². The number of hydrogen-bond donors (Lipinski definition) is 1. The van der Waals surface area contributed by atoms with Gasteiger partial charge in [0.25, 0.3) is 0 Å². The number of ether oxygens (including phenoxy) is 2. The standard InChI is InChI=1S/C16H20ClNO2S/c1-3-12-4-5-13(21-12)10-20-16-14(17)8-11(6-7-18)9-15(16)19-2/h4-5,8-9H,3,6-7,10,18H2,1-2H3. The van der Waals surface area contributed by atoms with Gasteiger partial charge in [0.15, 0.2) is 11.5 Å². The summed E-state index contributed by atoms with van der Waals surface area (Å²) in [6.07, 6.45) is 1.81. The SMILES string of the molecule is CCc1ccc(COc2c(Cl)cc(CCN)cc2OC)s1. The van der Waals surface area contributed by atoms with Crippen molar-refractivity contribution in [2.75, 3.05) is 13.7 Å². The zero-order chi connectivity index (χ0) is 15.2. The van der Waals surface area contributed by atoms with E-state index in [0.29, 0.717) is 29.7 Å². The maximum absolute atomic E-state index is 6.31. The number of benzene rings is 1. The van der Waals surface area contributed by atoms with Gasteiger partial charge in [0.1, 0.15) is 6.61 Å². The van der Waals surface area contributed by atoms with Gasteiger partial charge in [0.2, 0.25) is 0 Å². The van der Waals surface area contributed by atoms with Gasteiger partial charge in [0, 0.05) is 9.75 Å². The Balaban J connectivity index is 2.14. The molecule has 5 heteroatoms. The molecule has 1 heterocycles. The Morgan fingerprint density at radius 3 is 2.62 bits per heavy atom. The van der Waals surface area contributed by atoms with Crippen molar-refractivity contribution in [3.05, 3.63) is 44.6 Å². The summed E-state index contributed by atoms with van der Waals surface area (Å²) in [5.41, 5.74) is 6.63. The maximum Gasteiger partial charge on any atom is 0.180 e. The van der Waals surface area contributed by atoms with E-state index in [9.17, 15) is 0 Å². The predicted octanol–water partition coefficient (Wildman–Crippen LogP) is 4.05. The fourth-order valence-corrected chi connectivity index (χ4v) is 3.22. The molecule has 0 saturated heterocycles. The number of nitrogens with two attached hydrogens (primary N) is 1. The third-order valence-electron chi connectivity index (χ3n) is 3.15. The van der Waals surface area contributed by atoms with Crippen LogP contribution in [0, 0.1) is 0 Å². The molecule has 0 aliphatic heterocycles. The molecule has 0 atom stereocenters. The van der Waals surface area contributed by atoms with Crippen molar-refractivity contribution >= 4 is 22.9 Å². The highest BCUT2D eigenvalue weighted by atomic mass is 35.5. The molecule has 0 aliphatic rings. The summed E-state index contributed by atoms with van der Waals surface area (Å²) < 4.78 is 11.2. The first-order valence-corrected chi connectivity index (χ1v) is 8.14. The van der Waals surface area contributed by atoms with E-state index in [1.54, 1.807) is 18.4 Å².